The molecule has 4 aliphatic rings. The van der Waals surface area contributed by atoms with E-state index in [0.29, 0.717) is 26.1 Å². The second kappa shape index (κ2) is 8.55. The molecule has 0 aromatic rings. The van der Waals surface area contributed by atoms with Gasteiger partial charge in [0.1, 0.15) is 11.6 Å². The first kappa shape index (κ1) is 24.0. The van der Waals surface area contributed by atoms with Crippen molar-refractivity contribution in [1.82, 2.24) is 14.7 Å². The van der Waals surface area contributed by atoms with Gasteiger partial charge in [0.25, 0.3) is 0 Å². The zero-order valence-corrected chi connectivity index (χ0v) is 20.4. The van der Waals surface area contributed by atoms with E-state index in [1.54, 1.807) is 9.80 Å². The van der Waals surface area contributed by atoms with Crippen molar-refractivity contribution in [3.63, 3.8) is 0 Å². The Morgan fingerprint density at radius 1 is 1.12 bits per heavy atom. The van der Waals surface area contributed by atoms with E-state index in [0.717, 1.165) is 6.42 Å². The standard InChI is InChI=1S/C25H37N3O5/c1-6-12-26-13-8-10-17-18(21(26)30)19-22(31)28(16(7-2)15-29)20-23(32)27(24(3,4)5)14-9-11-25(19,20)33-17/h8-11,16-20,29H,6-7,12-15H2,1-5H3/t16-,17+,18-,19-,20?,25-/m0/s1. The summed E-state index contributed by atoms with van der Waals surface area (Å²) in [6.45, 7) is 11.0. The molecule has 8 nitrogen and oxygen atoms in total. The molecule has 0 aromatic heterocycles. The van der Waals surface area contributed by atoms with Gasteiger partial charge in [-0.2, -0.15) is 0 Å². The Balaban J connectivity index is 1.86. The fraction of sp³-hybridized carbons (Fsp3) is 0.720. The molecule has 8 heteroatoms. The maximum atomic E-state index is 14.0. The molecule has 182 valence electrons. The van der Waals surface area contributed by atoms with Gasteiger partial charge in [0.05, 0.1) is 30.6 Å². The predicted molar refractivity (Wildman–Crippen MR) is 123 cm³/mol. The summed E-state index contributed by atoms with van der Waals surface area (Å²) in [4.78, 5) is 46.8. The first-order valence-electron chi connectivity index (χ1n) is 12.2. The molecule has 4 rings (SSSR count). The second-order valence-electron chi connectivity index (χ2n) is 10.6. The SMILES string of the molecule is CCCN1CC=C[C@H]2O[C@]34C=CCN(C(C)(C)C)C(=O)C3N([C@@H](CC)CO)C(=O)[C@@H]4[C@H]2C1=O. The molecule has 33 heavy (non-hydrogen) atoms. The summed E-state index contributed by atoms with van der Waals surface area (Å²) < 4.78 is 6.60. The summed E-state index contributed by atoms with van der Waals surface area (Å²) in [6, 6.07) is -1.44. The Hall–Kier alpha value is -2.19. The highest BCUT2D eigenvalue weighted by molar-refractivity contribution is 6.00. The van der Waals surface area contributed by atoms with Gasteiger partial charge in [0, 0.05) is 25.2 Å². The highest BCUT2D eigenvalue weighted by atomic mass is 16.5. The quantitative estimate of drug-likeness (QED) is 0.627. The first-order valence-corrected chi connectivity index (χ1v) is 12.2. The largest absolute Gasteiger partial charge is 0.394 e. The fourth-order valence-corrected chi connectivity index (χ4v) is 6.01. The number of aliphatic hydroxyl groups excluding tert-OH is 1. The van der Waals surface area contributed by atoms with Crippen LogP contribution in [0.2, 0.25) is 0 Å². The molecular weight excluding hydrogens is 422 g/mol. The molecule has 0 bridgehead atoms. The summed E-state index contributed by atoms with van der Waals surface area (Å²) in [5, 5.41) is 10.1. The number of carbonyl (C=O) groups is 3. The van der Waals surface area contributed by atoms with Crippen LogP contribution in [0.5, 0.6) is 0 Å². The van der Waals surface area contributed by atoms with Crippen molar-refractivity contribution in [2.75, 3.05) is 26.2 Å². The first-order chi connectivity index (χ1) is 15.6. The number of carbonyl (C=O) groups excluding carboxylic acids is 3. The number of hydrogen-bond donors (Lipinski definition) is 1. The highest BCUT2D eigenvalue weighted by Crippen LogP contribution is 2.54. The summed E-state index contributed by atoms with van der Waals surface area (Å²) in [6.07, 6.45) is 8.32. The van der Waals surface area contributed by atoms with Crippen LogP contribution in [-0.2, 0) is 19.1 Å². The van der Waals surface area contributed by atoms with Crippen LogP contribution in [0.15, 0.2) is 24.3 Å². The topological polar surface area (TPSA) is 90.4 Å². The van der Waals surface area contributed by atoms with Gasteiger partial charge in [0.15, 0.2) is 0 Å². The average molecular weight is 460 g/mol. The van der Waals surface area contributed by atoms with Crippen LogP contribution in [0.1, 0.15) is 47.5 Å². The molecule has 2 fully saturated rings. The van der Waals surface area contributed by atoms with Crippen LogP contribution < -0.4 is 0 Å². The van der Waals surface area contributed by atoms with Crippen LogP contribution >= 0.6 is 0 Å². The van der Waals surface area contributed by atoms with E-state index < -0.39 is 41.2 Å². The van der Waals surface area contributed by atoms with Crippen molar-refractivity contribution >= 4 is 17.7 Å². The Kier molecular flexibility index (Phi) is 6.20. The molecule has 0 aliphatic carbocycles. The van der Waals surface area contributed by atoms with Crippen molar-refractivity contribution in [2.45, 2.75) is 76.8 Å². The minimum Gasteiger partial charge on any atom is -0.394 e. The number of nitrogens with zero attached hydrogens (tertiary/aromatic N) is 3. The summed E-state index contributed by atoms with van der Waals surface area (Å²) in [7, 11) is 0. The van der Waals surface area contributed by atoms with Crippen LogP contribution in [0, 0.1) is 11.8 Å². The van der Waals surface area contributed by atoms with Crippen molar-refractivity contribution in [1.29, 1.82) is 0 Å². The Bertz CT molecular complexity index is 874. The molecule has 0 aromatic carbocycles. The van der Waals surface area contributed by atoms with Gasteiger partial charge in [-0.25, -0.2) is 0 Å². The molecule has 2 saturated heterocycles. The number of hydrogen-bond acceptors (Lipinski definition) is 5. The van der Waals surface area contributed by atoms with Crippen LogP contribution in [0.3, 0.4) is 0 Å². The third kappa shape index (κ3) is 3.53. The van der Waals surface area contributed by atoms with E-state index in [4.69, 9.17) is 4.74 Å². The van der Waals surface area contributed by atoms with E-state index in [1.807, 2.05) is 58.9 Å². The molecular formula is C25H37N3O5. The van der Waals surface area contributed by atoms with Gasteiger partial charge >= 0.3 is 0 Å². The zero-order chi connectivity index (χ0) is 24.1. The van der Waals surface area contributed by atoms with E-state index in [1.165, 1.54) is 4.90 Å². The van der Waals surface area contributed by atoms with E-state index >= 15 is 0 Å². The lowest BCUT2D eigenvalue weighted by Gasteiger charge is -2.42. The smallest absolute Gasteiger partial charge is 0.249 e. The van der Waals surface area contributed by atoms with Gasteiger partial charge in [-0.15, -0.1) is 0 Å². The number of rotatable bonds is 5. The number of aliphatic hydroxyl groups is 1. The molecule has 1 spiro atoms. The lowest BCUT2D eigenvalue weighted by atomic mass is 9.77. The second-order valence-corrected chi connectivity index (χ2v) is 10.6. The molecule has 0 saturated carbocycles. The molecule has 4 aliphatic heterocycles. The van der Waals surface area contributed by atoms with Gasteiger partial charge in [-0.3, -0.25) is 14.4 Å². The third-order valence-corrected chi connectivity index (χ3v) is 7.56. The van der Waals surface area contributed by atoms with E-state index in [2.05, 4.69) is 0 Å². The third-order valence-electron chi connectivity index (χ3n) is 7.56. The molecule has 6 atom stereocenters. The summed E-state index contributed by atoms with van der Waals surface area (Å²) in [5.74, 6) is -2.07. The Morgan fingerprint density at radius 3 is 2.45 bits per heavy atom. The summed E-state index contributed by atoms with van der Waals surface area (Å²) >= 11 is 0. The normalized spacial score (nSPS) is 34.8. The van der Waals surface area contributed by atoms with Gasteiger partial charge in [-0.1, -0.05) is 38.2 Å². The Labute approximate surface area is 196 Å². The Morgan fingerprint density at radius 2 is 1.85 bits per heavy atom. The minimum absolute atomic E-state index is 0.0995. The minimum atomic E-state index is -1.23. The number of fused-ring (bicyclic) bond motifs is 2. The molecule has 1 unspecified atom stereocenters. The van der Waals surface area contributed by atoms with Crippen LogP contribution in [0.4, 0.5) is 0 Å². The zero-order valence-electron chi connectivity index (χ0n) is 20.4. The van der Waals surface area contributed by atoms with Crippen molar-refractivity contribution in [3.05, 3.63) is 24.3 Å². The number of ether oxygens (including phenoxy) is 1. The average Bonchev–Trinajstić information content (AvgIpc) is 3.07. The lowest BCUT2D eigenvalue weighted by molar-refractivity contribution is -0.154. The van der Waals surface area contributed by atoms with Crippen LogP contribution in [-0.4, -0.2) is 93.1 Å². The molecule has 1 N–H and O–H groups in total. The van der Waals surface area contributed by atoms with E-state index in [-0.39, 0.29) is 24.3 Å². The monoisotopic (exact) mass is 459 g/mol. The van der Waals surface area contributed by atoms with E-state index in [9.17, 15) is 19.5 Å². The highest BCUT2D eigenvalue weighted by Gasteiger charge is 2.72. The maximum Gasteiger partial charge on any atom is 0.249 e. The molecule has 4 heterocycles. The van der Waals surface area contributed by atoms with Crippen molar-refractivity contribution in [2.24, 2.45) is 11.8 Å². The lowest BCUT2D eigenvalue weighted by Crippen LogP contribution is -2.60. The van der Waals surface area contributed by atoms with Gasteiger partial charge < -0.3 is 24.5 Å². The molecule has 3 amide bonds. The predicted octanol–water partition coefficient (Wildman–Crippen LogP) is 1.34. The van der Waals surface area contributed by atoms with Crippen LogP contribution in [0.25, 0.3) is 0 Å². The fourth-order valence-electron chi connectivity index (χ4n) is 6.01. The number of likely N-dealkylation sites (tertiary alicyclic amines) is 1. The molecule has 0 radical (unpaired) electrons. The van der Waals surface area contributed by atoms with Crippen molar-refractivity contribution in [3.8, 4) is 0 Å². The number of amides is 3. The summed E-state index contributed by atoms with van der Waals surface area (Å²) in [5.41, 5.74) is -1.70. The van der Waals surface area contributed by atoms with Gasteiger partial charge in [0.2, 0.25) is 17.7 Å². The van der Waals surface area contributed by atoms with Gasteiger partial charge in [-0.05, 0) is 33.6 Å². The maximum absolute atomic E-state index is 14.0. The van der Waals surface area contributed by atoms with Crippen molar-refractivity contribution < 1.29 is 24.2 Å².